The quantitative estimate of drug-likeness (QED) is 0.883. The molecule has 1 aromatic rings. The minimum atomic E-state index is -0.435. The highest BCUT2D eigenvalue weighted by molar-refractivity contribution is 5.96. The van der Waals surface area contributed by atoms with Gasteiger partial charge in [-0.3, -0.25) is 9.59 Å². The molecule has 140 valence electrons. The number of pyridine rings is 1. The van der Waals surface area contributed by atoms with Gasteiger partial charge in [-0.05, 0) is 44.2 Å². The lowest BCUT2D eigenvalue weighted by Crippen LogP contribution is -2.54. The summed E-state index contributed by atoms with van der Waals surface area (Å²) in [5, 5.41) is 9.92. The summed E-state index contributed by atoms with van der Waals surface area (Å²) in [6, 6.07) is 3.46. The van der Waals surface area contributed by atoms with E-state index >= 15 is 0 Å². The van der Waals surface area contributed by atoms with Crippen molar-refractivity contribution in [1.82, 2.24) is 14.8 Å². The number of hydrogen-bond acceptors (Lipinski definition) is 4. The molecule has 2 saturated heterocycles. The third-order valence-corrected chi connectivity index (χ3v) is 6.41. The van der Waals surface area contributed by atoms with Crippen LogP contribution in [-0.2, 0) is 4.79 Å². The lowest BCUT2D eigenvalue weighted by molar-refractivity contribution is -0.149. The summed E-state index contributed by atoms with van der Waals surface area (Å²) in [4.78, 5) is 34.0. The average Bonchev–Trinajstić information content (AvgIpc) is 3.10. The van der Waals surface area contributed by atoms with E-state index in [1.807, 2.05) is 0 Å². The molecule has 26 heavy (non-hydrogen) atoms. The van der Waals surface area contributed by atoms with Crippen LogP contribution in [0.15, 0.2) is 18.3 Å². The molecule has 3 aliphatic rings. The van der Waals surface area contributed by atoms with Gasteiger partial charge < -0.3 is 14.9 Å². The standard InChI is InChI=1S/C20H27N3O3/c24-16-8-4-11-21-17(16)18(25)22-13-10-20(14-22)9-5-12-23(19(20)26)15-6-2-1-3-7-15/h4,8,11,15,24H,1-3,5-7,9-10,12-14H2/t20-/m1/s1. The van der Waals surface area contributed by atoms with E-state index < -0.39 is 5.41 Å². The zero-order valence-electron chi connectivity index (χ0n) is 15.2. The van der Waals surface area contributed by atoms with Crippen LogP contribution in [0, 0.1) is 5.41 Å². The molecule has 0 aromatic carbocycles. The summed E-state index contributed by atoms with van der Waals surface area (Å²) >= 11 is 0. The first-order valence-corrected chi connectivity index (χ1v) is 9.85. The number of carbonyl (C=O) groups excluding carboxylic acids is 2. The fourth-order valence-corrected chi connectivity index (χ4v) is 4.98. The van der Waals surface area contributed by atoms with E-state index in [0.717, 1.165) is 32.2 Å². The molecule has 0 radical (unpaired) electrons. The van der Waals surface area contributed by atoms with E-state index in [2.05, 4.69) is 9.88 Å². The number of nitrogens with zero attached hydrogens (tertiary/aromatic N) is 3. The molecule has 1 spiro atoms. The van der Waals surface area contributed by atoms with Crippen LogP contribution in [0.4, 0.5) is 0 Å². The SMILES string of the molecule is O=C(c1ncccc1O)N1CC[C@]2(CCCN(C3CCCCC3)C2=O)C1. The Kier molecular flexibility index (Phi) is 4.59. The van der Waals surface area contributed by atoms with Crippen molar-refractivity contribution >= 4 is 11.8 Å². The van der Waals surface area contributed by atoms with Gasteiger partial charge in [-0.1, -0.05) is 19.3 Å². The second-order valence-electron chi connectivity index (χ2n) is 8.02. The number of likely N-dealkylation sites (tertiary alicyclic amines) is 2. The van der Waals surface area contributed by atoms with Gasteiger partial charge in [0.05, 0.1) is 5.41 Å². The van der Waals surface area contributed by atoms with Crippen LogP contribution in [0.3, 0.4) is 0 Å². The minimum absolute atomic E-state index is 0.0805. The molecule has 3 heterocycles. The van der Waals surface area contributed by atoms with E-state index in [1.54, 1.807) is 11.0 Å². The Morgan fingerprint density at radius 2 is 1.96 bits per heavy atom. The Balaban J connectivity index is 1.50. The molecule has 0 unspecified atom stereocenters. The van der Waals surface area contributed by atoms with Gasteiger partial charge >= 0.3 is 0 Å². The molecular formula is C20H27N3O3. The first-order chi connectivity index (χ1) is 12.6. The summed E-state index contributed by atoms with van der Waals surface area (Å²) in [5.41, 5.74) is -0.354. The van der Waals surface area contributed by atoms with E-state index in [9.17, 15) is 14.7 Å². The van der Waals surface area contributed by atoms with Crippen molar-refractivity contribution < 1.29 is 14.7 Å². The number of piperidine rings is 1. The fraction of sp³-hybridized carbons (Fsp3) is 0.650. The third kappa shape index (κ3) is 2.95. The molecule has 1 N–H and O–H groups in total. The van der Waals surface area contributed by atoms with Gasteiger partial charge in [-0.25, -0.2) is 4.98 Å². The average molecular weight is 357 g/mol. The highest BCUT2D eigenvalue weighted by Crippen LogP contribution is 2.42. The van der Waals surface area contributed by atoms with Crippen molar-refractivity contribution in [3.8, 4) is 5.75 Å². The Hall–Kier alpha value is -2.11. The number of carbonyl (C=O) groups is 2. The van der Waals surface area contributed by atoms with E-state index in [-0.39, 0.29) is 23.3 Å². The molecule has 3 fully saturated rings. The van der Waals surface area contributed by atoms with Crippen LogP contribution >= 0.6 is 0 Å². The maximum Gasteiger partial charge on any atom is 0.276 e. The fourth-order valence-electron chi connectivity index (χ4n) is 4.98. The first kappa shape index (κ1) is 17.3. The summed E-state index contributed by atoms with van der Waals surface area (Å²) in [7, 11) is 0. The minimum Gasteiger partial charge on any atom is -0.505 e. The number of aromatic nitrogens is 1. The summed E-state index contributed by atoms with van der Waals surface area (Å²) in [5.74, 6) is -0.129. The second kappa shape index (κ2) is 6.89. The first-order valence-electron chi connectivity index (χ1n) is 9.85. The van der Waals surface area contributed by atoms with E-state index in [0.29, 0.717) is 25.6 Å². The zero-order chi connectivity index (χ0) is 18.1. The summed E-state index contributed by atoms with van der Waals surface area (Å²) in [6.45, 7) is 1.86. The highest BCUT2D eigenvalue weighted by atomic mass is 16.3. The maximum absolute atomic E-state index is 13.3. The van der Waals surface area contributed by atoms with Crippen LogP contribution < -0.4 is 0 Å². The molecule has 6 nitrogen and oxygen atoms in total. The molecular weight excluding hydrogens is 330 g/mol. The Bertz CT molecular complexity index is 701. The summed E-state index contributed by atoms with van der Waals surface area (Å²) < 4.78 is 0. The van der Waals surface area contributed by atoms with E-state index in [4.69, 9.17) is 0 Å². The molecule has 1 atom stereocenters. The Morgan fingerprint density at radius 1 is 1.15 bits per heavy atom. The van der Waals surface area contributed by atoms with Crippen molar-refractivity contribution in [3.63, 3.8) is 0 Å². The molecule has 1 saturated carbocycles. The normalized spacial score (nSPS) is 27.3. The van der Waals surface area contributed by atoms with Gasteiger partial charge in [-0.15, -0.1) is 0 Å². The number of rotatable bonds is 2. The predicted molar refractivity (Wildman–Crippen MR) is 96.7 cm³/mol. The van der Waals surface area contributed by atoms with Gasteiger partial charge in [0.2, 0.25) is 5.91 Å². The lowest BCUT2D eigenvalue weighted by Gasteiger charge is -2.44. The van der Waals surface area contributed by atoms with Gasteiger partial charge in [0.15, 0.2) is 5.69 Å². The molecule has 6 heteroatoms. The van der Waals surface area contributed by atoms with Gasteiger partial charge in [0.1, 0.15) is 5.75 Å². The summed E-state index contributed by atoms with van der Waals surface area (Å²) in [6.07, 6.45) is 10.0. The monoisotopic (exact) mass is 357 g/mol. The topological polar surface area (TPSA) is 73.7 Å². The lowest BCUT2D eigenvalue weighted by atomic mass is 9.77. The molecule has 1 aliphatic carbocycles. The van der Waals surface area contributed by atoms with Crippen molar-refractivity contribution in [2.75, 3.05) is 19.6 Å². The number of amides is 2. The number of aromatic hydroxyl groups is 1. The van der Waals surface area contributed by atoms with Crippen LogP contribution in [0.1, 0.15) is 61.9 Å². The molecule has 0 bridgehead atoms. The van der Waals surface area contributed by atoms with Crippen molar-refractivity contribution in [2.24, 2.45) is 5.41 Å². The van der Waals surface area contributed by atoms with E-state index in [1.165, 1.54) is 31.5 Å². The van der Waals surface area contributed by atoms with Crippen LogP contribution in [0.25, 0.3) is 0 Å². The third-order valence-electron chi connectivity index (χ3n) is 6.41. The predicted octanol–water partition coefficient (Wildman–Crippen LogP) is 2.57. The van der Waals surface area contributed by atoms with Gasteiger partial charge in [0, 0.05) is 31.9 Å². The Morgan fingerprint density at radius 3 is 2.73 bits per heavy atom. The molecule has 4 rings (SSSR count). The molecule has 1 aromatic heterocycles. The van der Waals surface area contributed by atoms with Crippen LogP contribution in [0.2, 0.25) is 0 Å². The van der Waals surface area contributed by atoms with Gasteiger partial charge in [0.25, 0.3) is 5.91 Å². The van der Waals surface area contributed by atoms with Crippen molar-refractivity contribution in [3.05, 3.63) is 24.0 Å². The largest absolute Gasteiger partial charge is 0.505 e. The van der Waals surface area contributed by atoms with Crippen LogP contribution in [-0.4, -0.2) is 57.4 Å². The molecule has 2 amide bonds. The highest BCUT2D eigenvalue weighted by Gasteiger charge is 2.50. The Labute approximate surface area is 154 Å². The smallest absolute Gasteiger partial charge is 0.276 e. The zero-order valence-corrected chi connectivity index (χ0v) is 15.2. The maximum atomic E-state index is 13.3. The second-order valence-corrected chi connectivity index (χ2v) is 8.02. The van der Waals surface area contributed by atoms with Gasteiger partial charge in [-0.2, -0.15) is 0 Å². The molecule has 2 aliphatic heterocycles. The number of hydrogen-bond donors (Lipinski definition) is 1. The van der Waals surface area contributed by atoms with Crippen molar-refractivity contribution in [1.29, 1.82) is 0 Å². The van der Waals surface area contributed by atoms with Crippen molar-refractivity contribution in [2.45, 2.75) is 57.4 Å². The van der Waals surface area contributed by atoms with Crippen LogP contribution in [0.5, 0.6) is 5.75 Å².